The van der Waals surface area contributed by atoms with Crippen LogP contribution in [-0.4, -0.2) is 11.9 Å². The minimum Gasteiger partial charge on any atom is -0.455 e. The van der Waals surface area contributed by atoms with E-state index in [0.29, 0.717) is 38.4 Å². The van der Waals surface area contributed by atoms with Gasteiger partial charge < -0.3 is 10.1 Å². The highest BCUT2D eigenvalue weighted by atomic mass is 35.5. The standard InChI is InChI=1S/C26H19Cl3N2O3/c1-14-13-21(30-26(33)31-25(32)18-9-5-6-10-19(18)27)15(2)23(29)24(14)34-22-12-11-20(28)16-7-3-4-8-17(16)22/h3-13H,1-2H3,(H2,30,31,32,33). The number of rotatable bonds is 4. The fraction of sp³-hybridized carbons (Fsp3) is 0.0769. The lowest BCUT2D eigenvalue weighted by molar-refractivity contribution is 0.0967. The number of amides is 3. The van der Waals surface area contributed by atoms with E-state index in [1.165, 1.54) is 6.07 Å². The molecule has 0 aliphatic carbocycles. The molecule has 0 unspecified atom stereocenters. The normalized spacial score (nSPS) is 10.7. The van der Waals surface area contributed by atoms with E-state index < -0.39 is 11.9 Å². The van der Waals surface area contributed by atoms with Gasteiger partial charge in [-0.3, -0.25) is 10.1 Å². The van der Waals surface area contributed by atoms with Crippen molar-refractivity contribution in [1.82, 2.24) is 5.32 Å². The number of nitrogens with one attached hydrogen (secondary N) is 2. The van der Waals surface area contributed by atoms with Crippen molar-refractivity contribution in [1.29, 1.82) is 0 Å². The van der Waals surface area contributed by atoms with Gasteiger partial charge in [0.1, 0.15) is 11.5 Å². The Bertz CT molecular complexity index is 1440. The fourth-order valence-corrected chi connectivity index (χ4v) is 4.25. The van der Waals surface area contributed by atoms with Gasteiger partial charge in [0.25, 0.3) is 5.91 Å². The van der Waals surface area contributed by atoms with Gasteiger partial charge in [-0.05, 0) is 55.3 Å². The molecule has 0 spiro atoms. The van der Waals surface area contributed by atoms with Gasteiger partial charge in [0.05, 0.1) is 15.6 Å². The molecule has 0 radical (unpaired) electrons. The summed E-state index contributed by atoms with van der Waals surface area (Å²) in [6, 6.07) is 18.7. The van der Waals surface area contributed by atoms with E-state index >= 15 is 0 Å². The van der Waals surface area contributed by atoms with E-state index in [2.05, 4.69) is 10.6 Å². The summed E-state index contributed by atoms with van der Waals surface area (Å²) in [7, 11) is 0. The Labute approximate surface area is 211 Å². The number of imide groups is 1. The maximum absolute atomic E-state index is 12.5. The van der Waals surface area contributed by atoms with E-state index in [1.807, 2.05) is 31.2 Å². The van der Waals surface area contributed by atoms with Crippen molar-refractivity contribution in [3.05, 3.63) is 98.5 Å². The van der Waals surface area contributed by atoms with Gasteiger partial charge >= 0.3 is 6.03 Å². The average molecular weight is 514 g/mol. The molecule has 4 aromatic carbocycles. The van der Waals surface area contributed by atoms with Gasteiger partial charge in [-0.2, -0.15) is 0 Å². The molecule has 0 aromatic heterocycles. The number of carbonyl (C=O) groups excluding carboxylic acids is 2. The molecule has 0 bridgehead atoms. The third-order valence-electron chi connectivity index (χ3n) is 5.29. The number of benzene rings is 4. The molecule has 4 aromatic rings. The van der Waals surface area contributed by atoms with E-state index in [9.17, 15) is 9.59 Å². The van der Waals surface area contributed by atoms with Crippen molar-refractivity contribution >= 4 is 63.2 Å². The summed E-state index contributed by atoms with van der Waals surface area (Å²) in [4.78, 5) is 24.8. The van der Waals surface area contributed by atoms with E-state index in [1.54, 1.807) is 43.3 Å². The first kappa shape index (κ1) is 23.9. The number of carbonyl (C=O) groups is 2. The highest BCUT2D eigenvalue weighted by Gasteiger charge is 2.18. The first-order chi connectivity index (χ1) is 16.3. The van der Waals surface area contributed by atoms with Crippen LogP contribution in [0.25, 0.3) is 10.8 Å². The van der Waals surface area contributed by atoms with Gasteiger partial charge in [0, 0.05) is 21.5 Å². The van der Waals surface area contributed by atoms with Gasteiger partial charge in [-0.25, -0.2) is 4.79 Å². The lowest BCUT2D eigenvalue weighted by Gasteiger charge is -2.18. The van der Waals surface area contributed by atoms with Crippen molar-refractivity contribution in [2.45, 2.75) is 13.8 Å². The van der Waals surface area contributed by atoms with E-state index in [4.69, 9.17) is 39.5 Å². The third-order valence-corrected chi connectivity index (χ3v) is 6.40. The SMILES string of the molecule is Cc1cc(NC(=O)NC(=O)c2ccccc2Cl)c(C)c(Cl)c1Oc1ccc(Cl)c2ccccc12. The van der Waals surface area contributed by atoms with Crippen LogP contribution in [-0.2, 0) is 0 Å². The predicted molar refractivity (Wildman–Crippen MR) is 138 cm³/mol. The first-order valence-corrected chi connectivity index (χ1v) is 11.4. The maximum Gasteiger partial charge on any atom is 0.326 e. The van der Waals surface area contributed by atoms with Crippen molar-refractivity contribution in [3.8, 4) is 11.5 Å². The molecular formula is C26H19Cl3N2O3. The average Bonchev–Trinajstić information content (AvgIpc) is 2.82. The summed E-state index contributed by atoms with van der Waals surface area (Å²) >= 11 is 19.0. The van der Waals surface area contributed by atoms with E-state index in [0.717, 1.165) is 10.8 Å². The van der Waals surface area contributed by atoms with Crippen LogP contribution in [0.1, 0.15) is 21.5 Å². The summed E-state index contributed by atoms with van der Waals surface area (Å²) < 4.78 is 6.20. The minimum atomic E-state index is -0.708. The number of hydrogen-bond donors (Lipinski definition) is 2. The maximum atomic E-state index is 12.5. The number of ether oxygens (including phenoxy) is 1. The fourth-order valence-electron chi connectivity index (χ4n) is 3.51. The molecule has 4 rings (SSSR count). The summed E-state index contributed by atoms with van der Waals surface area (Å²) in [5.74, 6) is 0.455. The lowest BCUT2D eigenvalue weighted by atomic mass is 10.1. The number of hydrogen-bond acceptors (Lipinski definition) is 3. The van der Waals surface area contributed by atoms with Crippen LogP contribution in [0.4, 0.5) is 10.5 Å². The summed E-state index contributed by atoms with van der Waals surface area (Å²) in [6.45, 7) is 3.57. The zero-order chi connectivity index (χ0) is 24.4. The molecule has 8 heteroatoms. The number of anilines is 1. The molecule has 0 saturated heterocycles. The molecule has 0 heterocycles. The topological polar surface area (TPSA) is 67.4 Å². The molecule has 3 amide bonds. The van der Waals surface area contributed by atoms with Gasteiger partial charge in [0.2, 0.25) is 0 Å². The molecule has 34 heavy (non-hydrogen) atoms. The molecular weight excluding hydrogens is 495 g/mol. The second kappa shape index (κ2) is 9.94. The van der Waals surface area contributed by atoms with Gasteiger partial charge in [0.15, 0.2) is 0 Å². The lowest BCUT2D eigenvalue weighted by Crippen LogP contribution is -2.34. The zero-order valence-electron chi connectivity index (χ0n) is 18.2. The van der Waals surface area contributed by atoms with Crippen LogP contribution in [0, 0.1) is 13.8 Å². The Morgan fingerprint density at radius 1 is 0.824 bits per heavy atom. The van der Waals surface area contributed by atoms with Crippen molar-refractivity contribution in [2.75, 3.05) is 5.32 Å². The van der Waals surface area contributed by atoms with Crippen molar-refractivity contribution in [2.24, 2.45) is 0 Å². The second-order valence-corrected chi connectivity index (χ2v) is 8.78. The summed E-state index contributed by atoms with van der Waals surface area (Å²) in [6.07, 6.45) is 0. The van der Waals surface area contributed by atoms with Crippen LogP contribution in [0.2, 0.25) is 15.1 Å². The summed E-state index contributed by atoms with van der Waals surface area (Å²) in [5.41, 5.74) is 1.92. The van der Waals surface area contributed by atoms with Crippen LogP contribution in [0.3, 0.4) is 0 Å². The van der Waals surface area contributed by atoms with Crippen LogP contribution in [0.5, 0.6) is 11.5 Å². The van der Waals surface area contributed by atoms with Crippen LogP contribution >= 0.6 is 34.8 Å². The largest absolute Gasteiger partial charge is 0.455 e. The highest BCUT2D eigenvalue weighted by molar-refractivity contribution is 6.36. The minimum absolute atomic E-state index is 0.198. The Kier molecular flexibility index (Phi) is 6.98. The monoisotopic (exact) mass is 512 g/mol. The van der Waals surface area contributed by atoms with Crippen molar-refractivity contribution in [3.63, 3.8) is 0 Å². The Morgan fingerprint density at radius 2 is 1.50 bits per heavy atom. The van der Waals surface area contributed by atoms with E-state index in [-0.39, 0.29) is 10.6 Å². The molecule has 0 saturated carbocycles. The molecule has 0 aliphatic rings. The zero-order valence-corrected chi connectivity index (χ0v) is 20.5. The number of aryl methyl sites for hydroxylation is 1. The molecule has 0 atom stereocenters. The van der Waals surface area contributed by atoms with Gasteiger partial charge in [-0.15, -0.1) is 0 Å². The number of fused-ring (bicyclic) bond motifs is 1. The highest BCUT2D eigenvalue weighted by Crippen LogP contribution is 2.41. The number of halogens is 3. The Hall–Kier alpha value is -3.25. The summed E-state index contributed by atoms with van der Waals surface area (Å²) in [5, 5.41) is 7.87. The molecule has 172 valence electrons. The molecule has 5 nitrogen and oxygen atoms in total. The molecule has 2 N–H and O–H groups in total. The van der Waals surface area contributed by atoms with Crippen LogP contribution < -0.4 is 15.4 Å². The number of urea groups is 1. The molecule has 0 fully saturated rings. The Balaban J connectivity index is 1.57. The first-order valence-electron chi connectivity index (χ1n) is 10.3. The van der Waals surface area contributed by atoms with Crippen molar-refractivity contribution < 1.29 is 14.3 Å². The second-order valence-electron chi connectivity index (χ2n) is 7.59. The smallest absolute Gasteiger partial charge is 0.326 e. The predicted octanol–water partition coefficient (Wildman–Crippen LogP) is 8.17. The van der Waals surface area contributed by atoms with Crippen LogP contribution in [0.15, 0.2) is 66.7 Å². The quantitative estimate of drug-likeness (QED) is 0.289. The molecule has 0 aliphatic heterocycles. The Morgan fingerprint density at radius 3 is 2.24 bits per heavy atom. The third kappa shape index (κ3) is 4.82. The van der Waals surface area contributed by atoms with Gasteiger partial charge in [-0.1, -0.05) is 71.2 Å².